The molecule has 0 aliphatic rings. The molecule has 0 aliphatic heterocycles. The molecule has 0 saturated heterocycles. The van der Waals surface area contributed by atoms with Crippen LogP contribution in [0.4, 0.5) is 11.4 Å². The Hall–Kier alpha value is -2.80. The van der Waals surface area contributed by atoms with E-state index in [1.807, 2.05) is 0 Å². The zero-order chi connectivity index (χ0) is 18.6. The van der Waals surface area contributed by atoms with E-state index in [2.05, 4.69) is 5.32 Å². The lowest BCUT2D eigenvalue weighted by Gasteiger charge is -2.16. The van der Waals surface area contributed by atoms with Crippen LogP contribution >= 0.6 is 11.6 Å². The van der Waals surface area contributed by atoms with Gasteiger partial charge in [0.15, 0.2) is 0 Å². The van der Waals surface area contributed by atoms with Gasteiger partial charge in [0.1, 0.15) is 11.5 Å². The summed E-state index contributed by atoms with van der Waals surface area (Å²) in [5.41, 5.74) is 1.05. The summed E-state index contributed by atoms with van der Waals surface area (Å²) in [6.07, 6.45) is 0. The lowest BCUT2D eigenvalue weighted by molar-refractivity contribution is -0.384. The molecule has 2 aromatic carbocycles. The summed E-state index contributed by atoms with van der Waals surface area (Å²) in [6.45, 7) is 1.70. The van der Waals surface area contributed by atoms with Gasteiger partial charge in [-0.25, -0.2) is 0 Å². The molecule has 0 saturated carbocycles. The van der Waals surface area contributed by atoms with Crippen LogP contribution in [-0.4, -0.2) is 25.1 Å². The topological polar surface area (TPSA) is 90.7 Å². The number of nitrogens with one attached hydrogen (secondary N) is 1. The highest BCUT2D eigenvalue weighted by Gasteiger charge is 2.19. The minimum atomic E-state index is -0.521. The van der Waals surface area contributed by atoms with Crippen LogP contribution < -0.4 is 14.8 Å². The summed E-state index contributed by atoms with van der Waals surface area (Å²) in [5, 5.41) is 13.8. The molecule has 1 atom stereocenters. The first-order chi connectivity index (χ1) is 11.9. The molecule has 132 valence electrons. The zero-order valence-corrected chi connectivity index (χ0v) is 14.7. The Morgan fingerprint density at radius 1 is 1.16 bits per heavy atom. The number of nitrogens with zero attached hydrogens (tertiary/aromatic N) is 1. The number of carbonyl (C=O) groups is 1. The van der Waals surface area contributed by atoms with Crippen molar-refractivity contribution in [2.24, 2.45) is 0 Å². The van der Waals surface area contributed by atoms with Gasteiger partial charge in [0, 0.05) is 24.3 Å². The van der Waals surface area contributed by atoms with Crippen LogP contribution in [0.25, 0.3) is 0 Å². The fourth-order valence-electron chi connectivity index (χ4n) is 2.24. The van der Waals surface area contributed by atoms with Crippen molar-refractivity contribution in [1.82, 2.24) is 0 Å². The fourth-order valence-corrected chi connectivity index (χ4v) is 2.47. The van der Waals surface area contributed by atoms with Crippen LogP contribution in [0.15, 0.2) is 36.4 Å². The summed E-state index contributed by atoms with van der Waals surface area (Å²) in [5.74, 6) is -0.0143. The number of methoxy groups -OCH3 is 2. The van der Waals surface area contributed by atoms with E-state index in [-0.39, 0.29) is 11.6 Å². The number of amides is 1. The fraction of sp³-hybridized carbons (Fsp3) is 0.235. The average molecular weight is 365 g/mol. The number of hydrogen-bond acceptors (Lipinski definition) is 5. The molecular formula is C17H17ClN2O5. The van der Waals surface area contributed by atoms with E-state index in [9.17, 15) is 14.9 Å². The number of nitro groups is 1. The van der Waals surface area contributed by atoms with Crippen molar-refractivity contribution in [3.05, 3.63) is 57.1 Å². The standard InChI is InChI=1S/C17H17ClN2O5/c1-10(11-4-6-12(7-5-11)20(22)23)17(21)19-14-9-15(24-2)13(18)8-16(14)25-3/h4-10H,1-3H3,(H,19,21). The van der Waals surface area contributed by atoms with Crippen LogP contribution in [-0.2, 0) is 4.79 Å². The van der Waals surface area contributed by atoms with Crippen LogP contribution in [0.2, 0.25) is 5.02 Å². The van der Waals surface area contributed by atoms with Crippen molar-refractivity contribution < 1.29 is 19.2 Å². The second-order valence-corrected chi connectivity index (χ2v) is 5.65. The number of non-ortho nitro benzene ring substituents is 1. The van der Waals surface area contributed by atoms with Crippen molar-refractivity contribution in [3.8, 4) is 11.5 Å². The van der Waals surface area contributed by atoms with Gasteiger partial charge in [0.05, 0.1) is 35.8 Å². The first-order valence-electron chi connectivity index (χ1n) is 7.34. The highest BCUT2D eigenvalue weighted by Crippen LogP contribution is 2.36. The van der Waals surface area contributed by atoms with Crippen molar-refractivity contribution in [2.75, 3.05) is 19.5 Å². The third-order valence-electron chi connectivity index (χ3n) is 3.73. The second-order valence-electron chi connectivity index (χ2n) is 5.25. The number of nitro benzene ring substituents is 1. The monoisotopic (exact) mass is 364 g/mol. The molecule has 0 spiro atoms. The van der Waals surface area contributed by atoms with Crippen molar-refractivity contribution in [1.29, 1.82) is 0 Å². The molecule has 0 aliphatic carbocycles. The third kappa shape index (κ3) is 4.19. The first-order valence-corrected chi connectivity index (χ1v) is 7.72. The molecule has 1 unspecified atom stereocenters. The Morgan fingerprint density at radius 2 is 1.76 bits per heavy atom. The molecule has 0 fully saturated rings. The molecule has 8 heteroatoms. The van der Waals surface area contributed by atoms with Gasteiger partial charge >= 0.3 is 0 Å². The predicted molar refractivity (Wildman–Crippen MR) is 94.7 cm³/mol. The van der Waals surface area contributed by atoms with E-state index < -0.39 is 10.8 Å². The molecule has 2 aromatic rings. The maximum Gasteiger partial charge on any atom is 0.269 e. The number of anilines is 1. The number of carbonyl (C=O) groups excluding carboxylic acids is 1. The molecule has 0 heterocycles. The van der Waals surface area contributed by atoms with E-state index in [1.54, 1.807) is 31.2 Å². The van der Waals surface area contributed by atoms with Crippen LogP contribution in [0.5, 0.6) is 11.5 Å². The Morgan fingerprint density at radius 3 is 2.28 bits per heavy atom. The van der Waals surface area contributed by atoms with Gasteiger partial charge < -0.3 is 14.8 Å². The van der Waals surface area contributed by atoms with Crippen LogP contribution in [0.1, 0.15) is 18.4 Å². The quantitative estimate of drug-likeness (QED) is 0.617. The Labute approximate surface area is 149 Å². The third-order valence-corrected chi connectivity index (χ3v) is 4.02. The minimum absolute atomic E-state index is 0.0273. The van der Waals surface area contributed by atoms with Gasteiger partial charge in [-0.3, -0.25) is 14.9 Å². The molecule has 25 heavy (non-hydrogen) atoms. The molecule has 1 N–H and O–H groups in total. The van der Waals surface area contributed by atoms with E-state index in [1.165, 1.54) is 26.4 Å². The van der Waals surface area contributed by atoms with E-state index in [0.717, 1.165) is 0 Å². The van der Waals surface area contributed by atoms with E-state index in [4.69, 9.17) is 21.1 Å². The molecular weight excluding hydrogens is 348 g/mol. The molecule has 2 rings (SSSR count). The Bertz CT molecular complexity index is 792. The lowest BCUT2D eigenvalue weighted by atomic mass is 10.00. The number of ether oxygens (including phenoxy) is 2. The van der Waals surface area contributed by atoms with Gasteiger partial charge in [0.2, 0.25) is 5.91 Å². The normalized spacial score (nSPS) is 11.5. The van der Waals surface area contributed by atoms with Gasteiger partial charge in [-0.15, -0.1) is 0 Å². The smallest absolute Gasteiger partial charge is 0.269 e. The summed E-state index contributed by atoms with van der Waals surface area (Å²) < 4.78 is 10.4. The molecule has 0 bridgehead atoms. The number of hydrogen-bond donors (Lipinski definition) is 1. The number of benzene rings is 2. The summed E-state index contributed by atoms with van der Waals surface area (Å²) in [4.78, 5) is 22.7. The van der Waals surface area contributed by atoms with Crippen LogP contribution in [0.3, 0.4) is 0 Å². The first kappa shape index (κ1) is 18.5. The van der Waals surface area contributed by atoms with E-state index in [0.29, 0.717) is 27.8 Å². The minimum Gasteiger partial charge on any atom is -0.495 e. The number of rotatable bonds is 6. The number of halogens is 1. The molecule has 0 aromatic heterocycles. The van der Waals surface area contributed by atoms with Gasteiger partial charge in [-0.2, -0.15) is 0 Å². The highest BCUT2D eigenvalue weighted by atomic mass is 35.5. The van der Waals surface area contributed by atoms with Gasteiger partial charge in [-0.1, -0.05) is 23.7 Å². The summed E-state index contributed by atoms with van der Waals surface area (Å²) in [6, 6.07) is 8.97. The Kier molecular flexibility index (Phi) is 5.82. The highest BCUT2D eigenvalue weighted by molar-refractivity contribution is 6.32. The average Bonchev–Trinajstić information content (AvgIpc) is 2.62. The lowest BCUT2D eigenvalue weighted by Crippen LogP contribution is -2.19. The largest absolute Gasteiger partial charge is 0.495 e. The summed E-state index contributed by atoms with van der Waals surface area (Å²) >= 11 is 6.04. The predicted octanol–water partition coefficient (Wildman–Crippen LogP) is 4.01. The molecule has 7 nitrogen and oxygen atoms in total. The van der Waals surface area contributed by atoms with Gasteiger partial charge in [0.25, 0.3) is 5.69 Å². The Balaban J connectivity index is 2.22. The van der Waals surface area contributed by atoms with Gasteiger partial charge in [-0.05, 0) is 12.5 Å². The van der Waals surface area contributed by atoms with Crippen molar-refractivity contribution in [2.45, 2.75) is 12.8 Å². The van der Waals surface area contributed by atoms with Crippen molar-refractivity contribution >= 4 is 28.9 Å². The summed E-state index contributed by atoms with van der Waals surface area (Å²) in [7, 11) is 2.94. The zero-order valence-electron chi connectivity index (χ0n) is 13.9. The molecule has 1 amide bonds. The second kappa shape index (κ2) is 7.85. The van der Waals surface area contributed by atoms with E-state index >= 15 is 0 Å². The van der Waals surface area contributed by atoms with Crippen LogP contribution in [0, 0.1) is 10.1 Å². The maximum atomic E-state index is 12.5. The SMILES string of the molecule is COc1cc(NC(=O)C(C)c2ccc([N+](=O)[O-])cc2)c(OC)cc1Cl. The molecule has 0 radical (unpaired) electrons. The van der Waals surface area contributed by atoms with Crippen molar-refractivity contribution in [3.63, 3.8) is 0 Å². The maximum absolute atomic E-state index is 12.5.